The van der Waals surface area contributed by atoms with E-state index in [2.05, 4.69) is 42.3 Å². The van der Waals surface area contributed by atoms with Gasteiger partial charge in [-0.2, -0.15) is 0 Å². The molecule has 0 atom stereocenters. The highest BCUT2D eigenvalue weighted by Crippen LogP contribution is 2.36. The lowest BCUT2D eigenvalue weighted by Crippen LogP contribution is -2.42. The first-order valence-electron chi connectivity index (χ1n) is 10.1. The predicted octanol–water partition coefficient (Wildman–Crippen LogP) is 6.45. The molecule has 1 aliphatic rings. The molecule has 0 aliphatic carbocycles. The van der Waals surface area contributed by atoms with E-state index in [1.165, 1.54) is 11.1 Å². The van der Waals surface area contributed by atoms with Crippen molar-refractivity contribution in [2.75, 3.05) is 19.0 Å². The van der Waals surface area contributed by atoms with Gasteiger partial charge in [-0.05, 0) is 35.7 Å². The predicted molar refractivity (Wildman–Crippen MR) is 135 cm³/mol. The van der Waals surface area contributed by atoms with Crippen LogP contribution in [0.2, 0.25) is 10.0 Å². The number of aromatic nitrogens is 2. The van der Waals surface area contributed by atoms with Gasteiger partial charge in [0.2, 0.25) is 0 Å². The van der Waals surface area contributed by atoms with E-state index in [9.17, 15) is 4.79 Å². The van der Waals surface area contributed by atoms with Crippen molar-refractivity contribution < 1.29 is 4.79 Å². The van der Waals surface area contributed by atoms with Gasteiger partial charge in [0.15, 0.2) is 5.82 Å². The van der Waals surface area contributed by atoms with Gasteiger partial charge < -0.3 is 4.57 Å². The van der Waals surface area contributed by atoms with Crippen LogP contribution in [0.4, 0.5) is 10.6 Å². The van der Waals surface area contributed by atoms with E-state index < -0.39 is 0 Å². The maximum absolute atomic E-state index is 12.6. The molecule has 0 N–H and O–H groups in total. The quantitative estimate of drug-likeness (QED) is 0.401. The molecule has 0 spiro atoms. The van der Waals surface area contributed by atoms with E-state index >= 15 is 0 Å². The average molecular weight is 487 g/mol. The first-order valence-corrected chi connectivity index (χ1v) is 12.0. The SMILES string of the molecule is C=C1c2c(nc(CSCc3ccccc3C)n2Cc2ccc(Cl)c(Cl)c2)N(C)C(=O)N1C. The normalized spacial score (nSPS) is 13.7. The molecule has 3 aromatic rings. The van der Waals surface area contributed by atoms with Crippen LogP contribution in [0.1, 0.15) is 28.2 Å². The van der Waals surface area contributed by atoms with E-state index in [0.717, 1.165) is 22.8 Å². The number of amides is 2. The number of imidazole rings is 1. The highest BCUT2D eigenvalue weighted by molar-refractivity contribution is 7.97. The summed E-state index contributed by atoms with van der Waals surface area (Å²) >= 11 is 14.2. The highest BCUT2D eigenvalue weighted by Gasteiger charge is 2.34. The zero-order valence-electron chi connectivity index (χ0n) is 18.2. The first kappa shape index (κ1) is 22.8. The van der Waals surface area contributed by atoms with Gasteiger partial charge in [-0.15, -0.1) is 11.8 Å². The molecule has 5 nitrogen and oxygen atoms in total. The highest BCUT2D eigenvalue weighted by atomic mass is 35.5. The van der Waals surface area contributed by atoms with Gasteiger partial charge in [0.25, 0.3) is 0 Å². The lowest BCUT2D eigenvalue weighted by molar-refractivity contribution is 0.230. The Kier molecular flexibility index (Phi) is 6.56. The first-order chi connectivity index (χ1) is 15.3. The molecule has 0 bridgehead atoms. The summed E-state index contributed by atoms with van der Waals surface area (Å²) in [5.74, 6) is 3.09. The maximum atomic E-state index is 12.6. The van der Waals surface area contributed by atoms with Crippen LogP contribution in [0.15, 0.2) is 49.0 Å². The number of fused-ring (bicyclic) bond motifs is 1. The summed E-state index contributed by atoms with van der Waals surface area (Å²) in [5, 5.41) is 1.03. The van der Waals surface area contributed by atoms with E-state index in [1.54, 1.807) is 41.7 Å². The molecule has 2 amide bonds. The summed E-state index contributed by atoms with van der Waals surface area (Å²) in [6.45, 7) is 6.85. The number of rotatable bonds is 6. The number of urea groups is 1. The largest absolute Gasteiger partial charge is 0.329 e. The number of hydrogen-bond donors (Lipinski definition) is 0. The fourth-order valence-corrected chi connectivity index (χ4v) is 5.09. The van der Waals surface area contributed by atoms with Crippen molar-refractivity contribution in [3.05, 3.63) is 87.3 Å². The summed E-state index contributed by atoms with van der Waals surface area (Å²) in [6, 6.07) is 13.9. The molecule has 166 valence electrons. The maximum Gasteiger partial charge on any atom is 0.329 e. The van der Waals surface area contributed by atoms with Crippen LogP contribution in [0.25, 0.3) is 5.70 Å². The number of benzene rings is 2. The summed E-state index contributed by atoms with van der Waals surface area (Å²) in [7, 11) is 3.47. The summed E-state index contributed by atoms with van der Waals surface area (Å²) in [4.78, 5) is 20.6. The molecular weight excluding hydrogens is 463 g/mol. The summed E-state index contributed by atoms with van der Waals surface area (Å²) in [6.07, 6.45) is 0. The standard InChI is InChI=1S/C24H24Cl2N4OS/c1-15-7-5-6-8-18(15)13-32-14-21-27-23-22(16(2)28(3)24(31)29(23)4)30(21)12-17-9-10-19(25)20(26)11-17/h5-11H,2,12-14H2,1,3-4H3. The van der Waals surface area contributed by atoms with E-state index in [0.29, 0.717) is 33.9 Å². The van der Waals surface area contributed by atoms with Gasteiger partial charge in [-0.25, -0.2) is 9.78 Å². The number of carbonyl (C=O) groups is 1. The monoisotopic (exact) mass is 486 g/mol. The Bertz CT molecular complexity index is 1210. The Morgan fingerprint density at radius 1 is 1.03 bits per heavy atom. The smallest absolute Gasteiger partial charge is 0.320 e. The Morgan fingerprint density at radius 3 is 2.50 bits per heavy atom. The minimum atomic E-state index is -0.152. The second kappa shape index (κ2) is 9.22. The molecule has 0 saturated carbocycles. The lowest BCUT2D eigenvalue weighted by atomic mass is 10.1. The minimum Gasteiger partial charge on any atom is -0.320 e. The molecule has 32 heavy (non-hydrogen) atoms. The molecule has 0 unspecified atom stereocenters. The fraction of sp³-hybridized carbons (Fsp3) is 0.250. The van der Waals surface area contributed by atoms with E-state index in [1.807, 2.05) is 12.1 Å². The van der Waals surface area contributed by atoms with Crippen LogP contribution in [0.3, 0.4) is 0 Å². The van der Waals surface area contributed by atoms with Crippen molar-refractivity contribution in [1.82, 2.24) is 14.5 Å². The molecule has 0 radical (unpaired) electrons. The van der Waals surface area contributed by atoms with Gasteiger partial charge in [0.1, 0.15) is 11.5 Å². The van der Waals surface area contributed by atoms with Crippen molar-refractivity contribution >= 4 is 52.5 Å². The number of anilines is 1. The molecular formula is C24H24Cl2N4OS. The van der Waals surface area contributed by atoms with Crippen LogP contribution in [-0.4, -0.2) is 34.6 Å². The second-order valence-corrected chi connectivity index (χ2v) is 9.60. The number of carbonyl (C=O) groups excluding carboxylic acids is 1. The van der Waals surface area contributed by atoms with Crippen LogP contribution in [0, 0.1) is 6.92 Å². The van der Waals surface area contributed by atoms with E-state index in [4.69, 9.17) is 28.2 Å². The number of halogens is 2. The average Bonchev–Trinajstić information content (AvgIpc) is 3.13. The van der Waals surface area contributed by atoms with Gasteiger partial charge >= 0.3 is 6.03 Å². The van der Waals surface area contributed by atoms with Crippen molar-refractivity contribution in [1.29, 1.82) is 0 Å². The number of hydrogen-bond acceptors (Lipinski definition) is 3. The molecule has 1 aromatic heterocycles. The second-order valence-electron chi connectivity index (χ2n) is 7.80. The van der Waals surface area contributed by atoms with Gasteiger partial charge in [-0.1, -0.05) is 60.1 Å². The van der Waals surface area contributed by atoms with Crippen molar-refractivity contribution in [3.63, 3.8) is 0 Å². The van der Waals surface area contributed by atoms with Crippen LogP contribution in [0.5, 0.6) is 0 Å². The van der Waals surface area contributed by atoms with Crippen LogP contribution in [-0.2, 0) is 18.1 Å². The third-order valence-corrected chi connectivity index (χ3v) is 7.39. The molecule has 4 rings (SSSR count). The van der Waals surface area contributed by atoms with Crippen LogP contribution >= 0.6 is 35.0 Å². The molecule has 8 heteroatoms. The van der Waals surface area contributed by atoms with E-state index in [-0.39, 0.29) is 6.03 Å². The minimum absolute atomic E-state index is 0.152. The third-order valence-electron chi connectivity index (χ3n) is 5.67. The number of thioether (sulfide) groups is 1. The van der Waals surface area contributed by atoms with Gasteiger partial charge in [0.05, 0.1) is 21.5 Å². The Hall–Kier alpha value is -2.41. The zero-order chi connectivity index (χ0) is 23.0. The van der Waals surface area contributed by atoms with Gasteiger partial charge in [-0.3, -0.25) is 9.80 Å². The molecule has 0 saturated heterocycles. The Balaban J connectivity index is 1.69. The fourth-order valence-electron chi connectivity index (χ4n) is 3.72. The lowest BCUT2D eigenvalue weighted by Gasteiger charge is -2.32. The van der Waals surface area contributed by atoms with Crippen LogP contribution < -0.4 is 4.90 Å². The molecule has 2 aromatic carbocycles. The molecule has 1 aliphatic heterocycles. The van der Waals surface area contributed by atoms with Crippen molar-refractivity contribution in [2.45, 2.75) is 25.0 Å². The Morgan fingerprint density at radius 2 is 1.78 bits per heavy atom. The Labute approximate surface area is 202 Å². The molecule has 0 fully saturated rings. The van der Waals surface area contributed by atoms with Gasteiger partial charge in [0, 0.05) is 26.4 Å². The number of nitrogens with zero attached hydrogens (tertiary/aromatic N) is 4. The number of aryl methyl sites for hydroxylation is 1. The molecule has 2 heterocycles. The summed E-state index contributed by atoms with van der Waals surface area (Å²) in [5.41, 5.74) is 5.05. The third kappa shape index (κ3) is 4.27. The van der Waals surface area contributed by atoms with Crippen molar-refractivity contribution in [2.24, 2.45) is 0 Å². The summed E-state index contributed by atoms with van der Waals surface area (Å²) < 4.78 is 2.13. The zero-order valence-corrected chi connectivity index (χ0v) is 20.6. The topological polar surface area (TPSA) is 41.4 Å². The van der Waals surface area contributed by atoms with Crippen molar-refractivity contribution in [3.8, 4) is 0 Å².